The summed E-state index contributed by atoms with van der Waals surface area (Å²) in [6.07, 6.45) is 0.780. The van der Waals surface area contributed by atoms with E-state index in [9.17, 15) is 4.79 Å². The number of rotatable bonds is 5. The predicted octanol–water partition coefficient (Wildman–Crippen LogP) is 2.25. The van der Waals surface area contributed by atoms with Crippen molar-refractivity contribution in [3.8, 4) is 0 Å². The lowest BCUT2D eigenvalue weighted by Gasteiger charge is -2.31. The Morgan fingerprint density at radius 1 is 1.35 bits per heavy atom. The Morgan fingerprint density at radius 2 is 2.00 bits per heavy atom. The van der Waals surface area contributed by atoms with Crippen LogP contribution in [0.2, 0.25) is 0 Å². The fraction of sp³-hybridized carbons (Fsp3) is 0.562. The molecule has 0 saturated heterocycles. The van der Waals surface area contributed by atoms with Crippen molar-refractivity contribution in [2.45, 2.75) is 33.2 Å². The molecular weight excluding hydrogens is 250 g/mol. The molecule has 0 saturated carbocycles. The second kappa shape index (κ2) is 6.75. The van der Waals surface area contributed by atoms with Gasteiger partial charge in [0, 0.05) is 31.4 Å². The van der Waals surface area contributed by atoms with E-state index in [1.807, 2.05) is 43.3 Å². The lowest BCUT2D eigenvalue weighted by Crippen LogP contribution is -2.44. The van der Waals surface area contributed by atoms with Crippen molar-refractivity contribution in [3.63, 3.8) is 0 Å². The SMILES string of the molecule is CN(C)c1cccc(C(=O)NC(CCN)C(C)(C)C)c1. The van der Waals surface area contributed by atoms with E-state index in [1.165, 1.54) is 0 Å². The Morgan fingerprint density at radius 3 is 2.50 bits per heavy atom. The normalized spacial score (nSPS) is 12.9. The van der Waals surface area contributed by atoms with E-state index in [1.54, 1.807) is 0 Å². The lowest BCUT2D eigenvalue weighted by atomic mass is 9.84. The van der Waals surface area contributed by atoms with Crippen molar-refractivity contribution in [2.75, 3.05) is 25.5 Å². The average molecular weight is 277 g/mol. The van der Waals surface area contributed by atoms with Gasteiger partial charge >= 0.3 is 0 Å². The molecule has 0 aliphatic carbocycles. The quantitative estimate of drug-likeness (QED) is 0.868. The maximum absolute atomic E-state index is 12.4. The zero-order valence-electron chi connectivity index (χ0n) is 13.2. The number of anilines is 1. The molecule has 4 nitrogen and oxygen atoms in total. The zero-order chi connectivity index (χ0) is 15.3. The molecule has 4 heteroatoms. The number of carbonyl (C=O) groups excluding carboxylic acids is 1. The number of carbonyl (C=O) groups is 1. The molecule has 3 N–H and O–H groups in total. The summed E-state index contributed by atoms with van der Waals surface area (Å²) in [6.45, 7) is 6.91. The largest absolute Gasteiger partial charge is 0.378 e. The number of benzene rings is 1. The predicted molar refractivity (Wildman–Crippen MR) is 85.1 cm³/mol. The van der Waals surface area contributed by atoms with Gasteiger partial charge in [-0.2, -0.15) is 0 Å². The van der Waals surface area contributed by atoms with Crippen LogP contribution >= 0.6 is 0 Å². The van der Waals surface area contributed by atoms with Gasteiger partial charge in [0.15, 0.2) is 0 Å². The molecule has 0 aliphatic rings. The van der Waals surface area contributed by atoms with Crippen molar-refractivity contribution < 1.29 is 4.79 Å². The average Bonchev–Trinajstić information content (AvgIpc) is 2.37. The van der Waals surface area contributed by atoms with Gasteiger partial charge in [0.25, 0.3) is 5.91 Å². The van der Waals surface area contributed by atoms with Crippen LogP contribution in [0.4, 0.5) is 5.69 Å². The summed E-state index contributed by atoms with van der Waals surface area (Å²) in [5, 5.41) is 3.10. The monoisotopic (exact) mass is 277 g/mol. The van der Waals surface area contributed by atoms with E-state index in [4.69, 9.17) is 5.73 Å². The second-order valence-electron chi connectivity index (χ2n) is 6.41. The maximum Gasteiger partial charge on any atom is 0.251 e. The molecule has 0 spiro atoms. The van der Waals surface area contributed by atoms with Gasteiger partial charge in [-0.25, -0.2) is 0 Å². The first kappa shape index (κ1) is 16.5. The van der Waals surface area contributed by atoms with E-state index in [-0.39, 0.29) is 17.4 Å². The van der Waals surface area contributed by atoms with Crippen molar-refractivity contribution >= 4 is 11.6 Å². The number of hydrogen-bond acceptors (Lipinski definition) is 3. The number of hydrogen-bond donors (Lipinski definition) is 2. The van der Waals surface area contributed by atoms with Gasteiger partial charge in [-0.15, -0.1) is 0 Å². The third-order valence-corrected chi connectivity index (χ3v) is 3.43. The second-order valence-corrected chi connectivity index (χ2v) is 6.41. The van der Waals surface area contributed by atoms with Crippen LogP contribution in [0.25, 0.3) is 0 Å². The van der Waals surface area contributed by atoms with E-state index < -0.39 is 0 Å². The van der Waals surface area contributed by atoms with Gasteiger partial charge in [-0.05, 0) is 36.6 Å². The molecular formula is C16H27N3O. The van der Waals surface area contributed by atoms with Crippen molar-refractivity contribution in [1.82, 2.24) is 5.32 Å². The van der Waals surface area contributed by atoms with Gasteiger partial charge in [0.05, 0.1) is 0 Å². The first-order valence-electron chi connectivity index (χ1n) is 7.04. The molecule has 0 radical (unpaired) electrons. The van der Waals surface area contributed by atoms with E-state index in [0.29, 0.717) is 12.1 Å². The zero-order valence-corrected chi connectivity index (χ0v) is 13.2. The van der Waals surface area contributed by atoms with Crippen molar-refractivity contribution in [3.05, 3.63) is 29.8 Å². The molecule has 1 rings (SSSR count). The van der Waals surface area contributed by atoms with Gasteiger partial charge in [-0.3, -0.25) is 4.79 Å². The Labute approximate surface area is 122 Å². The number of amides is 1. The highest BCUT2D eigenvalue weighted by Crippen LogP contribution is 2.22. The topological polar surface area (TPSA) is 58.4 Å². The molecule has 20 heavy (non-hydrogen) atoms. The maximum atomic E-state index is 12.4. The van der Waals surface area contributed by atoms with Crippen LogP contribution in [0.5, 0.6) is 0 Å². The molecule has 112 valence electrons. The summed E-state index contributed by atoms with van der Waals surface area (Å²) in [4.78, 5) is 14.4. The number of nitrogens with zero attached hydrogens (tertiary/aromatic N) is 1. The summed E-state index contributed by atoms with van der Waals surface area (Å²) >= 11 is 0. The molecule has 1 aromatic rings. The first-order valence-corrected chi connectivity index (χ1v) is 7.04. The molecule has 1 aromatic carbocycles. The molecule has 1 amide bonds. The molecule has 0 aliphatic heterocycles. The van der Waals surface area contributed by atoms with Crippen LogP contribution in [-0.2, 0) is 0 Å². The van der Waals surface area contributed by atoms with Gasteiger partial charge in [0.1, 0.15) is 0 Å². The minimum Gasteiger partial charge on any atom is -0.378 e. The molecule has 0 bridgehead atoms. The summed E-state index contributed by atoms with van der Waals surface area (Å²) in [5.41, 5.74) is 7.34. The van der Waals surface area contributed by atoms with Crippen LogP contribution in [0.1, 0.15) is 37.6 Å². The summed E-state index contributed by atoms with van der Waals surface area (Å²) < 4.78 is 0. The van der Waals surface area contributed by atoms with Crippen LogP contribution in [0.15, 0.2) is 24.3 Å². The molecule has 0 fully saturated rings. The standard InChI is InChI=1S/C16H27N3O/c1-16(2,3)14(9-10-17)18-15(20)12-7-6-8-13(11-12)19(4)5/h6-8,11,14H,9-10,17H2,1-5H3,(H,18,20). The Hall–Kier alpha value is -1.55. The highest BCUT2D eigenvalue weighted by atomic mass is 16.1. The third-order valence-electron chi connectivity index (χ3n) is 3.43. The minimum atomic E-state index is -0.0397. The van der Waals surface area contributed by atoms with Crippen LogP contribution < -0.4 is 16.0 Å². The molecule has 1 atom stereocenters. The van der Waals surface area contributed by atoms with Gasteiger partial charge in [-0.1, -0.05) is 26.8 Å². The fourth-order valence-electron chi connectivity index (χ4n) is 2.06. The Bertz CT molecular complexity index is 449. The molecule has 1 unspecified atom stereocenters. The lowest BCUT2D eigenvalue weighted by molar-refractivity contribution is 0.0899. The summed E-state index contributed by atoms with van der Waals surface area (Å²) in [7, 11) is 3.92. The van der Waals surface area contributed by atoms with Crippen LogP contribution in [0, 0.1) is 5.41 Å². The highest BCUT2D eigenvalue weighted by Gasteiger charge is 2.25. The van der Waals surface area contributed by atoms with E-state index in [2.05, 4.69) is 26.1 Å². The minimum absolute atomic E-state index is 0.00577. The van der Waals surface area contributed by atoms with Crippen LogP contribution in [-0.4, -0.2) is 32.6 Å². The fourth-order valence-corrected chi connectivity index (χ4v) is 2.06. The first-order chi connectivity index (χ1) is 9.25. The molecule has 0 heterocycles. The highest BCUT2D eigenvalue weighted by molar-refractivity contribution is 5.95. The number of nitrogens with one attached hydrogen (secondary N) is 1. The molecule has 0 aromatic heterocycles. The van der Waals surface area contributed by atoms with Crippen LogP contribution in [0.3, 0.4) is 0 Å². The van der Waals surface area contributed by atoms with Crippen molar-refractivity contribution in [2.24, 2.45) is 11.1 Å². The summed E-state index contributed by atoms with van der Waals surface area (Å²) in [6, 6.07) is 7.70. The summed E-state index contributed by atoms with van der Waals surface area (Å²) in [5.74, 6) is -0.0397. The Balaban J connectivity index is 2.86. The van der Waals surface area contributed by atoms with Crippen molar-refractivity contribution in [1.29, 1.82) is 0 Å². The smallest absolute Gasteiger partial charge is 0.251 e. The third kappa shape index (κ3) is 4.53. The number of nitrogens with two attached hydrogens (primary N) is 1. The van der Waals surface area contributed by atoms with Gasteiger partial charge in [0.2, 0.25) is 0 Å². The van der Waals surface area contributed by atoms with E-state index >= 15 is 0 Å². The van der Waals surface area contributed by atoms with E-state index in [0.717, 1.165) is 12.1 Å². The van der Waals surface area contributed by atoms with Gasteiger partial charge < -0.3 is 16.0 Å². The Kier molecular flexibility index (Phi) is 5.57.